The molecule has 3 aromatic rings. The van der Waals surface area contributed by atoms with Crippen LogP contribution in [0.4, 0.5) is 5.95 Å². The molecule has 3 heterocycles. The van der Waals surface area contributed by atoms with Crippen molar-refractivity contribution >= 4 is 34.2 Å². The van der Waals surface area contributed by atoms with E-state index in [9.17, 15) is 4.79 Å². The number of nitrogens with zero attached hydrogens (tertiary/aromatic N) is 4. The second-order valence-electron chi connectivity index (χ2n) is 9.63. The standard InChI is InChI=1S/C28H41N5OS/c1-3-5-17-32(18-6-4-2)27(34)23-12-13-25-26(21-23)33(19-10-16-31-14-7-8-15-31)28(30-25)29-22-24-11-9-20-35-24/h9,11-13,20-21H,3-8,10,14-19,22H2,1-2H3,(H,29,30). The lowest BCUT2D eigenvalue weighted by Gasteiger charge is -2.22. The number of aryl methyl sites for hydroxylation is 1. The number of hydrogen-bond donors (Lipinski definition) is 1. The Hall–Kier alpha value is -2.38. The van der Waals surface area contributed by atoms with Gasteiger partial charge in [0, 0.05) is 30.1 Å². The van der Waals surface area contributed by atoms with Crippen molar-refractivity contribution in [2.24, 2.45) is 0 Å². The molecule has 1 aromatic carbocycles. The number of amides is 1. The van der Waals surface area contributed by atoms with Crippen LogP contribution in [0.3, 0.4) is 0 Å². The summed E-state index contributed by atoms with van der Waals surface area (Å²) in [6.07, 6.45) is 8.00. The van der Waals surface area contributed by atoms with Crippen LogP contribution in [0.5, 0.6) is 0 Å². The second kappa shape index (κ2) is 13.1. The summed E-state index contributed by atoms with van der Waals surface area (Å²) in [5.74, 6) is 1.04. The van der Waals surface area contributed by atoms with Gasteiger partial charge in [-0.25, -0.2) is 4.98 Å². The Balaban J connectivity index is 1.57. The SMILES string of the molecule is CCCCN(CCCC)C(=O)c1ccc2nc(NCc3cccs3)n(CCCN3CCCC3)c2c1. The summed E-state index contributed by atoms with van der Waals surface area (Å²) in [6, 6.07) is 10.3. The number of anilines is 1. The zero-order valence-electron chi connectivity index (χ0n) is 21.5. The number of imidazole rings is 1. The molecule has 0 unspecified atom stereocenters. The summed E-state index contributed by atoms with van der Waals surface area (Å²) in [5, 5.41) is 5.67. The first kappa shape index (κ1) is 25.7. The Morgan fingerprint density at radius 2 is 1.83 bits per heavy atom. The van der Waals surface area contributed by atoms with Crippen LogP contribution >= 0.6 is 11.3 Å². The van der Waals surface area contributed by atoms with Gasteiger partial charge in [-0.1, -0.05) is 32.8 Å². The molecule has 1 N–H and O–H groups in total. The topological polar surface area (TPSA) is 53.4 Å². The average molecular weight is 496 g/mol. The molecule has 0 bridgehead atoms. The van der Waals surface area contributed by atoms with E-state index in [-0.39, 0.29) is 5.91 Å². The zero-order chi connectivity index (χ0) is 24.5. The van der Waals surface area contributed by atoms with Crippen LogP contribution in [0.15, 0.2) is 35.7 Å². The van der Waals surface area contributed by atoms with Gasteiger partial charge in [-0.3, -0.25) is 4.79 Å². The highest BCUT2D eigenvalue weighted by Crippen LogP contribution is 2.24. The summed E-state index contributed by atoms with van der Waals surface area (Å²) >= 11 is 1.76. The summed E-state index contributed by atoms with van der Waals surface area (Å²) in [5.41, 5.74) is 2.78. The van der Waals surface area contributed by atoms with Crippen LogP contribution in [0.1, 0.15) is 74.0 Å². The van der Waals surface area contributed by atoms with Crippen molar-refractivity contribution < 1.29 is 4.79 Å². The molecule has 1 aliphatic rings. The van der Waals surface area contributed by atoms with Crippen molar-refractivity contribution in [2.45, 2.75) is 71.9 Å². The average Bonchev–Trinajstić information content (AvgIpc) is 3.64. The molecule has 7 heteroatoms. The third-order valence-corrected chi connectivity index (χ3v) is 7.78. The zero-order valence-corrected chi connectivity index (χ0v) is 22.3. The Labute approximate surface area is 214 Å². The Morgan fingerprint density at radius 1 is 1.06 bits per heavy atom. The number of thiophene rings is 1. The maximum atomic E-state index is 13.5. The first-order valence-electron chi connectivity index (χ1n) is 13.5. The fraction of sp³-hybridized carbons (Fsp3) is 0.571. The van der Waals surface area contributed by atoms with Crippen molar-refractivity contribution in [2.75, 3.05) is 38.0 Å². The number of rotatable bonds is 14. The normalized spacial score (nSPS) is 14.1. The van der Waals surface area contributed by atoms with Crippen molar-refractivity contribution in [3.63, 3.8) is 0 Å². The minimum atomic E-state index is 0.145. The Bertz CT molecular complexity index is 1050. The van der Waals surface area contributed by atoms with E-state index in [1.807, 2.05) is 17.0 Å². The van der Waals surface area contributed by atoms with E-state index in [4.69, 9.17) is 4.98 Å². The predicted octanol–water partition coefficient (Wildman–Crippen LogP) is 6.24. The maximum Gasteiger partial charge on any atom is 0.253 e. The fourth-order valence-electron chi connectivity index (χ4n) is 4.85. The van der Waals surface area contributed by atoms with Gasteiger partial charge in [0.25, 0.3) is 5.91 Å². The highest BCUT2D eigenvalue weighted by molar-refractivity contribution is 7.09. The third kappa shape index (κ3) is 6.85. The fourth-order valence-corrected chi connectivity index (χ4v) is 5.50. The number of carbonyl (C=O) groups is 1. The number of unbranched alkanes of at least 4 members (excludes halogenated alkanes) is 2. The van der Waals surface area contributed by atoms with Gasteiger partial charge in [-0.05, 0) is 81.4 Å². The van der Waals surface area contributed by atoms with Gasteiger partial charge in [0.15, 0.2) is 0 Å². The minimum absolute atomic E-state index is 0.145. The Morgan fingerprint density at radius 3 is 2.51 bits per heavy atom. The number of nitrogens with one attached hydrogen (secondary N) is 1. The van der Waals surface area contributed by atoms with E-state index in [0.29, 0.717) is 0 Å². The molecule has 0 saturated carbocycles. The van der Waals surface area contributed by atoms with Gasteiger partial charge in [0.1, 0.15) is 0 Å². The molecule has 0 radical (unpaired) electrons. The van der Waals surface area contributed by atoms with E-state index in [1.54, 1.807) is 11.3 Å². The molecule has 35 heavy (non-hydrogen) atoms. The van der Waals surface area contributed by atoms with Crippen LogP contribution in [-0.2, 0) is 13.1 Å². The largest absolute Gasteiger partial charge is 0.351 e. The van der Waals surface area contributed by atoms with Crippen LogP contribution in [0.2, 0.25) is 0 Å². The minimum Gasteiger partial charge on any atom is -0.351 e. The number of benzene rings is 1. The summed E-state index contributed by atoms with van der Waals surface area (Å²) in [6.45, 7) is 11.2. The number of aromatic nitrogens is 2. The van der Waals surface area contributed by atoms with E-state index in [2.05, 4.69) is 52.2 Å². The Kier molecular flexibility index (Phi) is 9.60. The molecule has 0 aliphatic carbocycles. The van der Waals surface area contributed by atoms with Crippen LogP contribution in [-0.4, -0.2) is 58.0 Å². The number of likely N-dealkylation sites (tertiary alicyclic amines) is 1. The predicted molar refractivity (Wildman–Crippen MR) is 147 cm³/mol. The lowest BCUT2D eigenvalue weighted by molar-refractivity contribution is 0.0751. The summed E-state index contributed by atoms with van der Waals surface area (Å²) < 4.78 is 2.29. The highest BCUT2D eigenvalue weighted by atomic mass is 32.1. The molecule has 1 aliphatic heterocycles. The van der Waals surface area contributed by atoms with Gasteiger partial charge in [0.2, 0.25) is 5.95 Å². The quantitative estimate of drug-likeness (QED) is 0.288. The third-order valence-electron chi connectivity index (χ3n) is 6.90. The highest BCUT2D eigenvalue weighted by Gasteiger charge is 2.19. The lowest BCUT2D eigenvalue weighted by Crippen LogP contribution is -2.33. The molecule has 1 saturated heterocycles. The molecule has 6 nitrogen and oxygen atoms in total. The van der Waals surface area contributed by atoms with Crippen LogP contribution in [0, 0.1) is 0 Å². The van der Waals surface area contributed by atoms with Gasteiger partial charge in [-0.15, -0.1) is 11.3 Å². The van der Waals surface area contributed by atoms with Gasteiger partial charge < -0.3 is 19.7 Å². The van der Waals surface area contributed by atoms with Crippen molar-refractivity contribution in [1.29, 1.82) is 0 Å². The van der Waals surface area contributed by atoms with Crippen molar-refractivity contribution in [1.82, 2.24) is 19.4 Å². The van der Waals surface area contributed by atoms with Gasteiger partial charge in [0.05, 0.1) is 17.6 Å². The smallest absolute Gasteiger partial charge is 0.253 e. The summed E-state index contributed by atoms with van der Waals surface area (Å²) in [4.78, 5) is 24.3. The van der Waals surface area contributed by atoms with E-state index < -0.39 is 0 Å². The van der Waals surface area contributed by atoms with E-state index >= 15 is 0 Å². The van der Waals surface area contributed by atoms with Crippen molar-refractivity contribution in [3.05, 3.63) is 46.2 Å². The number of fused-ring (bicyclic) bond motifs is 1. The number of carbonyl (C=O) groups excluding carboxylic acids is 1. The first-order valence-corrected chi connectivity index (χ1v) is 14.4. The van der Waals surface area contributed by atoms with Crippen LogP contribution in [0.25, 0.3) is 11.0 Å². The molecule has 0 spiro atoms. The number of hydrogen-bond acceptors (Lipinski definition) is 5. The molecule has 2 aromatic heterocycles. The lowest BCUT2D eigenvalue weighted by atomic mass is 10.1. The molecule has 1 amide bonds. The van der Waals surface area contributed by atoms with Gasteiger partial charge >= 0.3 is 0 Å². The molecule has 190 valence electrons. The van der Waals surface area contributed by atoms with Crippen LogP contribution < -0.4 is 5.32 Å². The molecular weight excluding hydrogens is 454 g/mol. The monoisotopic (exact) mass is 495 g/mol. The maximum absolute atomic E-state index is 13.5. The van der Waals surface area contributed by atoms with Gasteiger partial charge in [-0.2, -0.15) is 0 Å². The van der Waals surface area contributed by atoms with Crippen molar-refractivity contribution in [3.8, 4) is 0 Å². The summed E-state index contributed by atoms with van der Waals surface area (Å²) in [7, 11) is 0. The van der Waals surface area contributed by atoms with E-state index in [1.165, 1.54) is 30.8 Å². The molecular formula is C28H41N5OS. The molecule has 0 atom stereocenters. The molecule has 4 rings (SSSR count). The van der Waals surface area contributed by atoms with E-state index in [0.717, 1.165) is 87.4 Å². The molecule has 1 fully saturated rings. The first-order chi connectivity index (χ1) is 17.2. The second-order valence-corrected chi connectivity index (χ2v) is 10.7.